The van der Waals surface area contributed by atoms with E-state index in [0.717, 1.165) is 18.5 Å². The van der Waals surface area contributed by atoms with Gasteiger partial charge in [-0.05, 0) is 44.2 Å². The van der Waals surface area contributed by atoms with E-state index in [0.29, 0.717) is 29.9 Å². The van der Waals surface area contributed by atoms with Gasteiger partial charge in [-0.15, -0.1) is 0 Å². The highest BCUT2D eigenvalue weighted by molar-refractivity contribution is 7.89. The molecule has 118 valence electrons. The Kier molecular flexibility index (Phi) is 4.12. The Hall–Kier alpha value is -0.850. The van der Waals surface area contributed by atoms with Crippen molar-refractivity contribution in [1.82, 2.24) is 14.6 Å². The largest absolute Gasteiger partial charge is 0.363 e. The lowest BCUT2D eigenvalue weighted by Crippen LogP contribution is -2.42. The van der Waals surface area contributed by atoms with Crippen LogP contribution in [0.5, 0.6) is 0 Å². The van der Waals surface area contributed by atoms with E-state index in [4.69, 9.17) is 0 Å². The maximum Gasteiger partial charge on any atom is 0.244 e. The Bertz CT molecular complexity index is 578. The molecule has 0 bridgehead atoms. The van der Waals surface area contributed by atoms with Crippen molar-refractivity contribution in [2.45, 2.75) is 50.0 Å². The minimum Gasteiger partial charge on any atom is -0.363 e. The Morgan fingerprint density at radius 2 is 1.90 bits per heavy atom. The quantitative estimate of drug-likeness (QED) is 0.895. The van der Waals surface area contributed by atoms with Crippen LogP contribution in [0.15, 0.2) is 17.2 Å². The first kappa shape index (κ1) is 15.1. The highest BCUT2D eigenvalue weighted by atomic mass is 32.2. The molecule has 6 heteroatoms. The molecular formula is C15H25N3O2S. The minimum absolute atomic E-state index is 0.398. The van der Waals surface area contributed by atoms with Crippen molar-refractivity contribution < 1.29 is 8.42 Å². The summed E-state index contributed by atoms with van der Waals surface area (Å²) in [5.41, 5.74) is 1.35. The Morgan fingerprint density at radius 3 is 2.52 bits per heavy atom. The number of hydrogen-bond donors (Lipinski definition) is 2. The van der Waals surface area contributed by atoms with E-state index >= 15 is 0 Å². The third-order valence-electron chi connectivity index (χ3n) is 5.17. The summed E-state index contributed by atoms with van der Waals surface area (Å²) in [6.45, 7) is 2.00. The molecule has 21 heavy (non-hydrogen) atoms. The Balaban J connectivity index is 1.70. The monoisotopic (exact) mass is 311 g/mol. The van der Waals surface area contributed by atoms with Gasteiger partial charge in [0.1, 0.15) is 0 Å². The van der Waals surface area contributed by atoms with Crippen molar-refractivity contribution in [2.75, 3.05) is 20.1 Å². The smallest absolute Gasteiger partial charge is 0.244 e. The molecule has 2 N–H and O–H groups in total. The lowest BCUT2D eigenvalue weighted by atomic mass is 9.78. The summed E-state index contributed by atoms with van der Waals surface area (Å²) in [4.78, 5) is 3.43. The lowest BCUT2D eigenvalue weighted by Gasteiger charge is -2.38. The van der Waals surface area contributed by atoms with Crippen molar-refractivity contribution >= 4 is 10.0 Å². The summed E-state index contributed by atoms with van der Waals surface area (Å²) in [6, 6.07) is 1.74. The number of nitrogens with one attached hydrogen (secondary N) is 2. The van der Waals surface area contributed by atoms with Crippen LogP contribution >= 0.6 is 0 Å². The van der Waals surface area contributed by atoms with Gasteiger partial charge < -0.3 is 10.3 Å². The van der Waals surface area contributed by atoms with Crippen LogP contribution in [0.2, 0.25) is 0 Å². The summed E-state index contributed by atoms with van der Waals surface area (Å²) in [6.07, 6.45) is 8.88. The van der Waals surface area contributed by atoms with E-state index in [-0.39, 0.29) is 0 Å². The normalized spacial score (nSPS) is 22.9. The second-order valence-electron chi connectivity index (χ2n) is 6.50. The predicted molar refractivity (Wildman–Crippen MR) is 82.5 cm³/mol. The van der Waals surface area contributed by atoms with Crippen LogP contribution in [0.3, 0.4) is 0 Å². The fraction of sp³-hybridized carbons (Fsp3) is 0.733. The van der Waals surface area contributed by atoms with Gasteiger partial charge in [-0.3, -0.25) is 0 Å². The van der Waals surface area contributed by atoms with Crippen molar-refractivity contribution in [3.05, 3.63) is 18.0 Å². The molecule has 2 fully saturated rings. The lowest BCUT2D eigenvalue weighted by molar-refractivity contribution is 0.160. The van der Waals surface area contributed by atoms with Crippen molar-refractivity contribution in [3.63, 3.8) is 0 Å². The van der Waals surface area contributed by atoms with E-state index in [1.165, 1.54) is 25.7 Å². The average molecular weight is 311 g/mol. The van der Waals surface area contributed by atoms with Gasteiger partial charge in [0.15, 0.2) is 0 Å². The molecule has 0 unspecified atom stereocenters. The third kappa shape index (κ3) is 2.89. The standard InChI is InChI=1S/C15H25N3O2S/c1-16-11-13-10-14(12-17-13)21(19,20)18-8-6-15(7-9-18)4-2-3-5-15/h10,12,16-17H,2-9,11H2,1H3. The van der Waals surface area contributed by atoms with Crippen LogP contribution in [0.4, 0.5) is 0 Å². The van der Waals surface area contributed by atoms with E-state index in [2.05, 4.69) is 10.3 Å². The molecule has 1 aliphatic carbocycles. The molecule has 1 aliphatic heterocycles. The number of sulfonamides is 1. The zero-order chi connectivity index (χ0) is 14.9. The average Bonchev–Trinajstić information content (AvgIpc) is 3.10. The second kappa shape index (κ2) is 5.74. The summed E-state index contributed by atoms with van der Waals surface area (Å²) < 4.78 is 27.1. The molecule has 0 radical (unpaired) electrons. The van der Waals surface area contributed by atoms with Gasteiger partial charge in [-0.1, -0.05) is 12.8 Å². The number of piperidine rings is 1. The maximum atomic E-state index is 12.7. The first-order chi connectivity index (χ1) is 10.1. The topological polar surface area (TPSA) is 65.2 Å². The van der Waals surface area contributed by atoms with E-state index < -0.39 is 10.0 Å². The molecular weight excluding hydrogens is 286 g/mol. The zero-order valence-electron chi connectivity index (χ0n) is 12.7. The second-order valence-corrected chi connectivity index (χ2v) is 8.44. The summed E-state index contributed by atoms with van der Waals surface area (Å²) in [5.74, 6) is 0. The minimum atomic E-state index is -3.33. The number of rotatable bonds is 4. The third-order valence-corrected chi connectivity index (χ3v) is 7.05. The van der Waals surface area contributed by atoms with Gasteiger partial charge in [0.05, 0.1) is 4.90 Å². The van der Waals surface area contributed by atoms with E-state index in [9.17, 15) is 8.42 Å². The van der Waals surface area contributed by atoms with Gasteiger partial charge in [-0.2, -0.15) is 4.31 Å². The summed E-state index contributed by atoms with van der Waals surface area (Å²) in [7, 11) is -1.48. The number of aromatic amines is 1. The maximum absolute atomic E-state index is 12.7. The van der Waals surface area contributed by atoms with Crippen LogP contribution in [0, 0.1) is 5.41 Å². The summed E-state index contributed by atoms with van der Waals surface area (Å²) >= 11 is 0. The molecule has 2 aliphatic rings. The van der Waals surface area contributed by atoms with Gasteiger partial charge >= 0.3 is 0 Å². The number of nitrogens with zero attached hydrogens (tertiary/aromatic N) is 1. The van der Waals surface area contributed by atoms with Crippen molar-refractivity contribution in [2.24, 2.45) is 5.41 Å². The van der Waals surface area contributed by atoms with Crippen LogP contribution < -0.4 is 5.32 Å². The number of H-pyrrole nitrogens is 1. The molecule has 0 atom stereocenters. The molecule has 1 aromatic heterocycles. The van der Waals surface area contributed by atoms with Crippen LogP contribution in [0.1, 0.15) is 44.2 Å². The van der Waals surface area contributed by atoms with Crippen LogP contribution in [-0.2, 0) is 16.6 Å². The van der Waals surface area contributed by atoms with Crippen LogP contribution in [0.25, 0.3) is 0 Å². The molecule has 2 heterocycles. The molecule has 5 nitrogen and oxygen atoms in total. The van der Waals surface area contributed by atoms with Gasteiger partial charge in [0.25, 0.3) is 0 Å². The zero-order valence-corrected chi connectivity index (χ0v) is 13.5. The fourth-order valence-electron chi connectivity index (χ4n) is 3.84. The molecule has 0 aromatic carbocycles. The Labute approximate surface area is 127 Å². The molecule has 0 amide bonds. The molecule has 1 saturated carbocycles. The van der Waals surface area contributed by atoms with E-state index in [1.54, 1.807) is 16.6 Å². The highest BCUT2D eigenvalue weighted by Crippen LogP contribution is 2.46. The number of aromatic nitrogens is 1. The van der Waals surface area contributed by atoms with Gasteiger partial charge in [0.2, 0.25) is 10.0 Å². The predicted octanol–water partition coefficient (Wildman–Crippen LogP) is 2.08. The molecule has 1 aromatic rings. The van der Waals surface area contributed by atoms with Gasteiger partial charge in [0, 0.05) is 31.5 Å². The molecule has 3 rings (SSSR count). The van der Waals surface area contributed by atoms with Crippen molar-refractivity contribution in [1.29, 1.82) is 0 Å². The van der Waals surface area contributed by atoms with Gasteiger partial charge in [-0.25, -0.2) is 8.42 Å². The Morgan fingerprint density at radius 1 is 1.24 bits per heavy atom. The highest BCUT2D eigenvalue weighted by Gasteiger charge is 2.40. The molecule has 1 saturated heterocycles. The fourth-order valence-corrected chi connectivity index (χ4v) is 5.30. The SMILES string of the molecule is CNCc1cc(S(=O)(=O)N2CCC3(CCCC3)CC2)c[nH]1. The first-order valence-electron chi connectivity index (χ1n) is 7.88. The van der Waals surface area contributed by atoms with E-state index in [1.807, 2.05) is 7.05 Å². The molecule has 1 spiro atoms. The van der Waals surface area contributed by atoms with Crippen molar-refractivity contribution in [3.8, 4) is 0 Å². The first-order valence-corrected chi connectivity index (χ1v) is 9.32. The number of hydrogen-bond acceptors (Lipinski definition) is 3. The van der Waals surface area contributed by atoms with Crippen LogP contribution in [-0.4, -0.2) is 37.8 Å². The summed E-state index contributed by atoms with van der Waals surface area (Å²) in [5, 5.41) is 3.02.